The molecule has 63 heavy (non-hydrogen) atoms. The molecule has 2 N–H and O–H groups in total. The Kier molecular flexibility index (Phi) is 20.4. The third-order valence-electron chi connectivity index (χ3n) is 12.7. The number of carbonyl (C=O) groups excluding carboxylic acids is 6. The Morgan fingerprint density at radius 1 is 0.794 bits per heavy atom. The van der Waals surface area contributed by atoms with Gasteiger partial charge in [-0.2, -0.15) is 0 Å². The van der Waals surface area contributed by atoms with Crippen molar-refractivity contribution < 1.29 is 43.0 Å². The Balaban J connectivity index is 1.80. The van der Waals surface area contributed by atoms with Gasteiger partial charge >= 0.3 is 5.97 Å². The summed E-state index contributed by atoms with van der Waals surface area (Å²) in [5.74, 6) is -2.62. The number of hydrogen-bond acceptors (Lipinski definition) is 10. The zero-order valence-corrected chi connectivity index (χ0v) is 40.2. The molecule has 0 saturated carbocycles. The summed E-state index contributed by atoms with van der Waals surface area (Å²) >= 11 is 0. The topological polar surface area (TPSA) is 164 Å². The first-order valence-corrected chi connectivity index (χ1v) is 22.5. The first-order chi connectivity index (χ1) is 29.7. The lowest BCUT2D eigenvalue weighted by molar-refractivity contribution is -0.148. The predicted octanol–water partition coefficient (Wildman–Crippen LogP) is 5.94. The molecule has 350 valence electrons. The maximum Gasteiger partial charge on any atom is 0.338 e. The summed E-state index contributed by atoms with van der Waals surface area (Å²) in [5.41, 5.74) is 1.43. The van der Waals surface area contributed by atoms with Crippen molar-refractivity contribution in [3.05, 3.63) is 71.3 Å². The highest BCUT2D eigenvalue weighted by molar-refractivity contribution is 5.96. The van der Waals surface area contributed by atoms with E-state index in [9.17, 15) is 28.8 Å². The fraction of sp³-hybridized carbons (Fsp3) is 0.633. The van der Waals surface area contributed by atoms with Gasteiger partial charge in [-0.15, -0.1) is 0 Å². The molecule has 0 radical (unpaired) electrons. The van der Waals surface area contributed by atoms with Crippen LogP contribution in [-0.4, -0.2) is 134 Å². The van der Waals surface area contributed by atoms with E-state index in [1.54, 1.807) is 62.1 Å². The summed E-state index contributed by atoms with van der Waals surface area (Å²) in [6, 6.07) is 12.6. The third-order valence-corrected chi connectivity index (χ3v) is 12.7. The van der Waals surface area contributed by atoms with Gasteiger partial charge in [-0.25, -0.2) is 4.79 Å². The van der Waals surface area contributed by atoms with Crippen molar-refractivity contribution in [1.82, 2.24) is 25.3 Å². The number of nitrogens with zero attached hydrogens (tertiary/aromatic N) is 3. The van der Waals surface area contributed by atoms with Crippen molar-refractivity contribution in [2.75, 3.05) is 41.9 Å². The van der Waals surface area contributed by atoms with Gasteiger partial charge in [0.05, 0.1) is 54.3 Å². The van der Waals surface area contributed by atoms with E-state index in [1.807, 2.05) is 90.9 Å². The third kappa shape index (κ3) is 13.7. The number of ether oxygens (including phenoxy) is 3. The van der Waals surface area contributed by atoms with Crippen LogP contribution in [-0.2, 0) is 33.4 Å². The largest absolute Gasteiger partial charge is 0.452 e. The fourth-order valence-corrected chi connectivity index (χ4v) is 8.97. The van der Waals surface area contributed by atoms with Crippen LogP contribution in [0.5, 0.6) is 0 Å². The molecule has 14 nitrogen and oxygen atoms in total. The average molecular weight is 878 g/mol. The van der Waals surface area contributed by atoms with E-state index in [0.29, 0.717) is 36.9 Å². The number of likely N-dealkylation sites (N-methyl/N-ethyl adjacent to an activating group) is 2. The van der Waals surface area contributed by atoms with E-state index >= 15 is 0 Å². The van der Waals surface area contributed by atoms with Crippen molar-refractivity contribution in [1.29, 1.82) is 0 Å². The highest BCUT2D eigenvalue weighted by Gasteiger charge is 2.43. The Morgan fingerprint density at radius 2 is 1.40 bits per heavy atom. The lowest BCUT2D eigenvalue weighted by atomic mass is 9.89. The maximum absolute atomic E-state index is 14.4. The number of carbonyl (C=O) groups is 6. The van der Waals surface area contributed by atoms with Crippen LogP contribution >= 0.6 is 0 Å². The first kappa shape index (κ1) is 52.7. The van der Waals surface area contributed by atoms with E-state index in [1.165, 1.54) is 14.0 Å². The van der Waals surface area contributed by atoms with Crippen LogP contribution < -0.4 is 10.6 Å². The van der Waals surface area contributed by atoms with E-state index in [4.69, 9.17) is 14.2 Å². The number of nitrogens with one attached hydrogen (secondary N) is 2. The van der Waals surface area contributed by atoms with Crippen LogP contribution in [0.4, 0.5) is 0 Å². The highest BCUT2D eigenvalue weighted by Crippen LogP contribution is 2.31. The van der Waals surface area contributed by atoms with Gasteiger partial charge in [0.1, 0.15) is 12.1 Å². The Labute approximate surface area is 376 Å². The minimum absolute atomic E-state index is 0.00989. The van der Waals surface area contributed by atoms with Crippen molar-refractivity contribution in [2.45, 2.75) is 137 Å². The summed E-state index contributed by atoms with van der Waals surface area (Å²) in [7, 11) is 8.51. The van der Waals surface area contributed by atoms with E-state index in [2.05, 4.69) is 10.6 Å². The lowest BCUT2D eigenvalue weighted by Crippen LogP contribution is -2.59. The maximum atomic E-state index is 14.4. The van der Waals surface area contributed by atoms with Crippen LogP contribution in [0.15, 0.2) is 54.6 Å². The quantitative estimate of drug-likeness (QED) is 0.101. The molecule has 1 heterocycles. The monoisotopic (exact) mass is 878 g/mol. The van der Waals surface area contributed by atoms with Gasteiger partial charge in [-0.05, 0) is 76.2 Å². The Hall–Kier alpha value is -4.66. The molecule has 0 bridgehead atoms. The molecule has 1 aliphatic rings. The second kappa shape index (κ2) is 24.4. The molecular weight excluding hydrogens is 803 g/mol. The number of ketones is 1. The molecule has 14 heteroatoms. The van der Waals surface area contributed by atoms with Gasteiger partial charge < -0.3 is 34.6 Å². The van der Waals surface area contributed by atoms with Crippen LogP contribution in [0.25, 0.3) is 0 Å². The molecule has 0 aliphatic carbocycles. The summed E-state index contributed by atoms with van der Waals surface area (Å²) in [4.78, 5) is 86.7. The van der Waals surface area contributed by atoms with Crippen molar-refractivity contribution >= 4 is 35.4 Å². The second-order valence-corrected chi connectivity index (χ2v) is 18.1. The SMILES string of the molecule is CC[C@H](C)[C@@H]([C@@H](CC(=O)N1CCC[C@H]1[C@H](OC)[C@@H](C)C(=O)N[C@H](C)[C@@H](OC(=O)c1ccc(C(C)=O)cc1)c1ccccc1)OC)N(C)C(=O)[C@@H](NC(=O)C(C(C)C)N(C)C)C(C)C. The lowest BCUT2D eigenvalue weighted by Gasteiger charge is -2.41. The normalized spacial score (nSPS) is 18.4. The number of hydrogen-bond donors (Lipinski definition) is 2. The van der Waals surface area contributed by atoms with Crippen LogP contribution in [0, 0.1) is 23.7 Å². The minimum Gasteiger partial charge on any atom is -0.452 e. The first-order valence-electron chi connectivity index (χ1n) is 22.5. The molecule has 3 rings (SSSR count). The standard InChI is InChI=1S/C49H75N5O9/c1-15-31(6)43(53(12)48(59)41(29(2)3)51-47(58)42(30(4)5)52(10)11)39(61-13)28-40(56)54-27-19-22-38(54)44(62-14)32(7)46(57)50-33(8)45(36-20-17-16-18-21-36)63-49(60)37-25-23-35(24-26-37)34(9)55/h16-18,20-21,23-26,29-33,38-39,41-45H,15,19,22,27-28H2,1-14H3,(H,50,57)(H,51,58)/t31-,32+,33+,38-,39+,41-,42?,43-,44+,45+/m0/s1. The second-order valence-electron chi connectivity index (χ2n) is 18.1. The van der Waals surface area contributed by atoms with Gasteiger partial charge in [0.2, 0.25) is 23.6 Å². The number of Topliss-reactive ketones (excluding diaryl/α,β-unsaturated/α-hetero) is 1. The van der Waals surface area contributed by atoms with Crippen molar-refractivity contribution in [2.24, 2.45) is 23.7 Å². The molecule has 1 aliphatic heterocycles. The van der Waals surface area contributed by atoms with Crippen molar-refractivity contribution in [3.63, 3.8) is 0 Å². The number of likely N-dealkylation sites (tertiary alicyclic amines) is 1. The molecule has 0 aromatic heterocycles. The summed E-state index contributed by atoms with van der Waals surface area (Å²) < 4.78 is 18.1. The molecule has 1 saturated heterocycles. The van der Waals surface area contributed by atoms with Crippen LogP contribution in [0.2, 0.25) is 0 Å². The highest BCUT2D eigenvalue weighted by atomic mass is 16.5. The van der Waals surface area contributed by atoms with E-state index in [0.717, 1.165) is 0 Å². The van der Waals surface area contributed by atoms with Gasteiger partial charge in [-0.3, -0.25) is 28.9 Å². The fourth-order valence-electron chi connectivity index (χ4n) is 8.97. The Morgan fingerprint density at radius 3 is 1.90 bits per heavy atom. The molecule has 2 aromatic rings. The van der Waals surface area contributed by atoms with Gasteiger partial charge in [0, 0.05) is 33.4 Å². The van der Waals surface area contributed by atoms with E-state index in [-0.39, 0.29) is 59.1 Å². The van der Waals surface area contributed by atoms with Gasteiger partial charge in [-0.1, -0.05) is 97.4 Å². The molecular formula is C49H75N5O9. The molecule has 4 amide bonds. The number of esters is 1. The van der Waals surface area contributed by atoms with Crippen LogP contribution in [0.3, 0.4) is 0 Å². The van der Waals surface area contributed by atoms with Crippen molar-refractivity contribution in [3.8, 4) is 0 Å². The van der Waals surface area contributed by atoms with Crippen LogP contribution in [0.1, 0.15) is 120 Å². The molecule has 0 spiro atoms. The molecule has 2 aromatic carbocycles. The Bertz CT molecular complexity index is 1810. The number of methoxy groups -OCH3 is 2. The number of rotatable bonds is 23. The average Bonchev–Trinajstić information content (AvgIpc) is 3.73. The zero-order chi connectivity index (χ0) is 47.3. The minimum atomic E-state index is -0.843. The molecule has 1 fully saturated rings. The molecule has 1 unspecified atom stereocenters. The summed E-state index contributed by atoms with van der Waals surface area (Å²) in [6.45, 7) is 17.3. The number of benzene rings is 2. The summed E-state index contributed by atoms with van der Waals surface area (Å²) in [6.07, 6.45) is -0.131. The van der Waals surface area contributed by atoms with E-state index < -0.39 is 60.4 Å². The van der Waals surface area contributed by atoms with Gasteiger partial charge in [0.25, 0.3) is 0 Å². The predicted molar refractivity (Wildman–Crippen MR) is 244 cm³/mol. The van der Waals surface area contributed by atoms with Gasteiger partial charge in [0.15, 0.2) is 5.78 Å². The zero-order valence-electron chi connectivity index (χ0n) is 40.2. The number of amides is 4. The smallest absolute Gasteiger partial charge is 0.338 e. The molecule has 10 atom stereocenters. The summed E-state index contributed by atoms with van der Waals surface area (Å²) in [5, 5.41) is 6.09.